The molecular formula is C14H17FN2O3. The minimum atomic E-state index is -0.870. The van der Waals surface area contributed by atoms with Crippen molar-refractivity contribution in [2.75, 3.05) is 25.4 Å². The van der Waals surface area contributed by atoms with Crippen LogP contribution in [0.15, 0.2) is 12.1 Å². The fraction of sp³-hybridized carbons (Fsp3) is 0.429. The van der Waals surface area contributed by atoms with E-state index in [4.69, 9.17) is 10.5 Å². The molecule has 1 fully saturated rings. The number of esters is 1. The predicted molar refractivity (Wildman–Crippen MR) is 71.6 cm³/mol. The van der Waals surface area contributed by atoms with Gasteiger partial charge in [0, 0.05) is 18.8 Å². The Morgan fingerprint density at radius 1 is 1.35 bits per heavy atom. The zero-order valence-electron chi connectivity index (χ0n) is 11.3. The summed E-state index contributed by atoms with van der Waals surface area (Å²) >= 11 is 0. The fourth-order valence-electron chi connectivity index (χ4n) is 2.21. The van der Waals surface area contributed by atoms with Crippen LogP contribution in [0.3, 0.4) is 0 Å². The van der Waals surface area contributed by atoms with Gasteiger partial charge < -0.3 is 15.4 Å². The van der Waals surface area contributed by atoms with Gasteiger partial charge in [0.05, 0.1) is 5.56 Å². The van der Waals surface area contributed by atoms with Crippen LogP contribution in [0.5, 0.6) is 0 Å². The number of amides is 1. The van der Waals surface area contributed by atoms with Crippen LogP contribution in [0.4, 0.5) is 10.1 Å². The van der Waals surface area contributed by atoms with Crippen LogP contribution in [-0.2, 0) is 9.53 Å². The number of hydrogen-bond acceptors (Lipinski definition) is 4. The molecule has 0 bridgehead atoms. The number of benzene rings is 1. The number of halogens is 1. The second-order valence-corrected chi connectivity index (χ2v) is 4.86. The van der Waals surface area contributed by atoms with Gasteiger partial charge in [0.15, 0.2) is 6.61 Å². The van der Waals surface area contributed by atoms with Crippen LogP contribution in [0, 0.1) is 12.7 Å². The standard InChI is InChI=1S/C14H17FN2O3/c1-9-6-10(16)7-11(13(9)15)14(19)20-8-12(18)17-4-2-3-5-17/h6-7H,2-5,8,16H2,1H3. The van der Waals surface area contributed by atoms with Gasteiger partial charge in [-0.2, -0.15) is 0 Å². The summed E-state index contributed by atoms with van der Waals surface area (Å²) in [5, 5.41) is 0. The number of carbonyl (C=O) groups excluding carboxylic acids is 2. The number of nitrogens with two attached hydrogens (primary N) is 1. The summed E-state index contributed by atoms with van der Waals surface area (Å²) in [5.74, 6) is -1.79. The van der Waals surface area contributed by atoms with Crippen molar-refractivity contribution in [1.29, 1.82) is 0 Å². The summed E-state index contributed by atoms with van der Waals surface area (Å²) in [5.41, 5.74) is 5.88. The minimum absolute atomic E-state index is 0.239. The highest BCUT2D eigenvalue weighted by Crippen LogP contribution is 2.18. The lowest BCUT2D eigenvalue weighted by molar-refractivity contribution is -0.133. The van der Waals surface area contributed by atoms with Gasteiger partial charge in [-0.3, -0.25) is 4.79 Å². The first-order valence-corrected chi connectivity index (χ1v) is 6.49. The Morgan fingerprint density at radius 3 is 2.65 bits per heavy atom. The first-order valence-electron chi connectivity index (χ1n) is 6.49. The highest BCUT2D eigenvalue weighted by Gasteiger charge is 2.21. The quantitative estimate of drug-likeness (QED) is 0.672. The molecule has 20 heavy (non-hydrogen) atoms. The maximum Gasteiger partial charge on any atom is 0.341 e. The molecule has 108 valence electrons. The topological polar surface area (TPSA) is 72.6 Å². The molecular weight excluding hydrogens is 263 g/mol. The van der Waals surface area contributed by atoms with Crippen LogP contribution >= 0.6 is 0 Å². The zero-order valence-corrected chi connectivity index (χ0v) is 11.3. The summed E-state index contributed by atoms with van der Waals surface area (Å²) < 4.78 is 18.7. The Balaban J connectivity index is 2.00. The molecule has 0 atom stereocenters. The highest BCUT2D eigenvalue weighted by atomic mass is 19.1. The molecule has 0 aliphatic carbocycles. The Bertz CT molecular complexity index is 539. The fourth-order valence-corrected chi connectivity index (χ4v) is 2.21. The molecule has 0 radical (unpaired) electrons. The van der Waals surface area contributed by atoms with Crippen LogP contribution in [0.25, 0.3) is 0 Å². The summed E-state index contributed by atoms with van der Waals surface area (Å²) in [7, 11) is 0. The van der Waals surface area contributed by atoms with Crippen LogP contribution in [0.1, 0.15) is 28.8 Å². The van der Waals surface area contributed by atoms with Crippen molar-refractivity contribution >= 4 is 17.6 Å². The number of carbonyl (C=O) groups is 2. The normalized spacial score (nSPS) is 14.4. The number of nitrogens with zero attached hydrogens (tertiary/aromatic N) is 1. The molecule has 6 heteroatoms. The first kappa shape index (κ1) is 14.3. The smallest absolute Gasteiger partial charge is 0.341 e. The Morgan fingerprint density at radius 2 is 2.00 bits per heavy atom. The second-order valence-electron chi connectivity index (χ2n) is 4.86. The average Bonchev–Trinajstić information content (AvgIpc) is 2.93. The molecule has 5 nitrogen and oxygen atoms in total. The van der Waals surface area contributed by atoms with E-state index in [1.165, 1.54) is 19.1 Å². The largest absolute Gasteiger partial charge is 0.452 e. The second kappa shape index (κ2) is 5.90. The van der Waals surface area contributed by atoms with E-state index in [9.17, 15) is 14.0 Å². The maximum absolute atomic E-state index is 13.8. The molecule has 1 aromatic rings. The molecule has 0 aromatic heterocycles. The van der Waals surface area contributed by atoms with E-state index in [2.05, 4.69) is 0 Å². The van der Waals surface area contributed by atoms with Crippen molar-refractivity contribution in [3.8, 4) is 0 Å². The third kappa shape index (κ3) is 3.07. The lowest BCUT2D eigenvalue weighted by atomic mass is 10.1. The van der Waals surface area contributed by atoms with E-state index < -0.39 is 11.8 Å². The SMILES string of the molecule is Cc1cc(N)cc(C(=O)OCC(=O)N2CCCC2)c1F. The van der Waals surface area contributed by atoms with Gasteiger partial charge in [0.25, 0.3) is 5.91 Å². The Kier molecular flexibility index (Phi) is 4.22. The number of likely N-dealkylation sites (tertiary alicyclic amines) is 1. The summed E-state index contributed by atoms with van der Waals surface area (Å²) in [4.78, 5) is 25.2. The van der Waals surface area contributed by atoms with Crippen molar-refractivity contribution in [3.63, 3.8) is 0 Å². The third-order valence-corrected chi connectivity index (χ3v) is 3.28. The van der Waals surface area contributed by atoms with E-state index in [0.717, 1.165) is 12.8 Å². The van der Waals surface area contributed by atoms with E-state index >= 15 is 0 Å². The number of nitrogen functional groups attached to an aromatic ring is 1. The molecule has 0 spiro atoms. The first-order chi connectivity index (χ1) is 9.49. The maximum atomic E-state index is 13.8. The van der Waals surface area contributed by atoms with Gasteiger partial charge in [-0.1, -0.05) is 0 Å². The molecule has 1 aliphatic rings. The zero-order chi connectivity index (χ0) is 14.7. The molecule has 1 aliphatic heterocycles. The van der Waals surface area contributed by atoms with Crippen molar-refractivity contribution in [3.05, 3.63) is 29.1 Å². The van der Waals surface area contributed by atoms with Gasteiger partial charge in [0.1, 0.15) is 5.82 Å². The summed E-state index contributed by atoms with van der Waals surface area (Å²) in [6.07, 6.45) is 1.92. The minimum Gasteiger partial charge on any atom is -0.452 e. The van der Waals surface area contributed by atoms with E-state index in [1.807, 2.05) is 0 Å². The van der Waals surface area contributed by atoms with Crippen LogP contribution in [-0.4, -0.2) is 36.5 Å². The number of rotatable bonds is 3. The van der Waals surface area contributed by atoms with Gasteiger partial charge in [-0.25, -0.2) is 9.18 Å². The average molecular weight is 280 g/mol. The predicted octanol–water partition coefficient (Wildman–Crippen LogP) is 1.50. The van der Waals surface area contributed by atoms with Gasteiger partial charge in [-0.05, 0) is 37.5 Å². The third-order valence-electron chi connectivity index (χ3n) is 3.28. The number of anilines is 1. The lowest BCUT2D eigenvalue weighted by Crippen LogP contribution is -2.32. The van der Waals surface area contributed by atoms with Crippen molar-refractivity contribution < 1.29 is 18.7 Å². The molecule has 1 aromatic carbocycles. The van der Waals surface area contributed by atoms with E-state index in [0.29, 0.717) is 13.1 Å². The van der Waals surface area contributed by atoms with E-state index in [-0.39, 0.29) is 29.3 Å². The number of hydrogen-bond donors (Lipinski definition) is 1. The molecule has 1 amide bonds. The lowest BCUT2D eigenvalue weighted by Gasteiger charge is -2.15. The monoisotopic (exact) mass is 280 g/mol. The molecule has 2 rings (SSSR count). The molecule has 2 N–H and O–H groups in total. The van der Waals surface area contributed by atoms with Gasteiger partial charge in [0.2, 0.25) is 0 Å². The summed E-state index contributed by atoms with van der Waals surface area (Å²) in [6.45, 7) is 2.51. The van der Waals surface area contributed by atoms with Crippen molar-refractivity contribution in [2.24, 2.45) is 0 Å². The van der Waals surface area contributed by atoms with Crippen LogP contribution < -0.4 is 5.73 Å². The van der Waals surface area contributed by atoms with E-state index in [1.54, 1.807) is 4.90 Å². The molecule has 1 heterocycles. The summed E-state index contributed by atoms with van der Waals surface area (Å²) in [6, 6.07) is 2.65. The number of aryl methyl sites for hydroxylation is 1. The molecule has 1 saturated heterocycles. The number of ether oxygens (including phenoxy) is 1. The van der Waals surface area contributed by atoms with Crippen LogP contribution in [0.2, 0.25) is 0 Å². The van der Waals surface area contributed by atoms with Gasteiger partial charge >= 0.3 is 5.97 Å². The van der Waals surface area contributed by atoms with Crippen molar-refractivity contribution in [2.45, 2.75) is 19.8 Å². The Labute approximate surface area is 116 Å². The molecule has 0 unspecified atom stereocenters. The van der Waals surface area contributed by atoms with Gasteiger partial charge in [-0.15, -0.1) is 0 Å². The molecule has 0 saturated carbocycles. The Hall–Kier alpha value is -2.11. The van der Waals surface area contributed by atoms with Crippen molar-refractivity contribution in [1.82, 2.24) is 4.90 Å². The highest BCUT2D eigenvalue weighted by molar-refractivity contribution is 5.92.